The summed E-state index contributed by atoms with van der Waals surface area (Å²) in [6.07, 6.45) is 1.69. The highest BCUT2D eigenvalue weighted by molar-refractivity contribution is 8.01. The Hall–Kier alpha value is -0.640. The van der Waals surface area contributed by atoms with Gasteiger partial charge in [-0.05, 0) is 26.3 Å². The molecule has 0 aromatic carbocycles. The molecule has 3 heterocycles. The number of hydrogen-bond acceptors (Lipinski definition) is 7. The van der Waals surface area contributed by atoms with Crippen LogP contribution >= 0.6 is 23.5 Å². The Morgan fingerprint density at radius 3 is 2.92 bits per heavy atom. The molecule has 6 atom stereocenters. The highest BCUT2D eigenvalue weighted by atomic mass is 32.2. The van der Waals surface area contributed by atoms with E-state index in [0.717, 1.165) is 25.9 Å². The van der Waals surface area contributed by atoms with Gasteiger partial charge in [-0.2, -0.15) is 0 Å². The molecule has 0 aromatic heterocycles. The fourth-order valence-electron chi connectivity index (χ4n) is 3.63. The summed E-state index contributed by atoms with van der Waals surface area (Å²) in [4.78, 5) is 24.2. The molecule has 3 aliphatic heterocycles. The quantitative estimate of drug-likeness (QED) is 0.551. The zero-order chi connectivity index (χ0) is 17.8. The van der Waals surface area contributed by atoms with Crippen molar-refractivity contribution < 1.29 is 14.3 Å². The topological polar surface area (TPSA) is 91.5 Å². The van der Waals surface area contributed by atoms with Gasteiger partial charge in [-0.25, -0.2) is 4.79 Å². The van der Waals surface area contributed by atoms with Crippen molar-refractivity contribution in [3.8, 4) is 0 Å². The lowest BCUT2D eigenvalue weighted by molar-refractivity contribution is -0.121. The molecule has 3 saturated heterocycles. The van der Waals surface area contributed by atoms with Crippen LogP contribution in [0.25, 0.3) is 0 Å². The van der Waals surface area contributed by atoms with E-state index in [1.54, 1.807) is 30.4 Å². The van der Waals surface area contributed by atoms with E-state index in [4.69, 9.17) is 4.74 Å². The predicted molar refractivity (Wildman–Crippen MR) is 102 cm³/mol. The maximum absolute atomic E-state index is 12.7. The van der Waals surface area contributed by atoms with Crippen LogP contribution < -0.4 is 21.3 Å². The second kappa shape index (κ2) is 8.83. The fraction of sp³-hybridized carbons (Fsp3) is 0.875. The number of amides is 2. The van der Waals surface area contributed by atoms with Gasteiger partial charge in [0.15, 0.2) is 0 Å². The number of piperidine rings is 1. The van der Waals surface area contributed by atoms with Crippen LogP contribution in [0.4, 0.5) is 4.79 Å². The number of hydrogen-bond donors (Lipinski definition) is 4. The van der Waals surface area contributed by atoms with Crippen molar-refractivity contribution >= 4 is 35.5 Å². The Balaban J connectivity index is 1.49. The van der Waals surface area contributed by atoms with Crippen molar-refractivity contribution in [2.45, 2.75) is 54.0 Å². The van der Waals surface area contributed by atoms with Gasteiger partial charge in [0.25, 0.3) is 0 Å². The minimum atomic E-state index is -0.387. The number of fused-ring (bicyclic) bond motifs is 1. The van der Waals surface area contributed by atoms with Crippen molar-refractivity contribution in [1.29, 1.82) is 0 Å². The molecular weight excluding hydrogens is 360 g/mol. The van der Waals surface area contributed by atoms with Gasteiger partial charge in [-0.1, -0.05) is 6.92 Å². The molecule has 6 unspecified atom stereocenters. The van der Waals surface area contributed by atoms with Gasteiger partial charge in [0.1, 0.15) is 5.37 Å². The van der Waals surface area contributed by atoms with Crippen LogP contribution in [0.2, 0.25) is 0 Å². The minimum absolute atomic E-state index is 0.0348. The summed E-state index contributed by atoms with van der Waals surface area (Å²) < 4.78 is 4.92. The van der Waals surface area contributed by atoms with Crippen LogP contribution in [0.1, 0.15) is 26.7 Å². The zero-order valence-corrected chi connectivity index (χ0v) is 16.4. The van der Waals surface area contributed by atoms with E-state index in [9.17, 15) is 9.59 Å². The maximum Gasteiger partial charge on any atom is 0.407 e. The van der Waals surface area contributed by atoms with Crippen molar-refractivity contribution in [2.24, 2.45) is 5.92 Å². The number of nitrogens with one attached hydrogen (secondary N) is 4. The standard InChI is InChI=1S/C16H28N4O3S2/c1-3-23-16(22)18-7-10-6-9(2)24-14(10)20-13(21)15-19-11-8-17-5-4-12(11)25-15/h9-12,14-15,17,19H,3-8H2,1-2H3,(H,18,22)(H,20,21). The van der Waals surface area contributed by atoms with Gasteiger partial charge in [0.05, 0.1) is 12.0 Å². The molecule has 3 fully saturated rings. The maximum atomic E-state index is 12.7. The van der Waals surface area contributed by atoms with Gasteiger partial charge in [-0.3, -0.25) is 10.1 Å². The number of rotatable bonds is 5. The largest absolute Gasteiger partial charge is 0.450 e. The smallest absolute Gasteiger partial charge is 0.407 e. The Kier molecular flexibility index (Phi) is 6.76. The molecule has 7 nitrogen and oxygen atoms in total. The molecule has 0 aliphatic carbocycles. The lowest BCUT2D eigenvalue weighted by Crippen LogP contribution is -2.50. The fourth-order valence-corrected chi connectivity index (χ4v) is 6.52. The third-order valence-electron chi connectivity index (χ3n) is 4.84. The predicted octanol–water partition coefficient (Wildman–Crippen LogP) is 0.709. The number of alkyl carbamates (subject to hydrolysis) is 1. The highest BCUT2D eigenvalue weighted by Crippen LogP contribution is 2.37. The third-order valence-corrected chi connectivity index (χ3v) is 7.83. The first-order chi connectivity index (χ1) is 12.1. The minimum Gasteiger partial charge on any atom is -0.450 e. The van der Waals surface area contributed by atoms with Crippen LogP contribution in [-0.4, -0.2) is 65.5 Å². The Morgan fingerprint density at radius 1 is 1.32 bits per heavy atom. The molecule has 142 valence electrons. The van der Waals surface area contributed by atoms with E-state index < -0.39 is 0 Å². The summed E-state index contributed by atoms with van der Waals surface area (Å²) in [5.41, 5.74) is 0. The Labute approximate surface area is 157 Å². The van der Waals surface area contributed by atoms with E-state index in [-0.39, 0.29) is 28.7 Å². The first-order valence-corrected chi connectivity index (χ1v) is 10.9. The van der Waals surface area contributed by atoms with Gasteiger partial charge in [0, 0.05) is 35.5 Å². The zero-order valence-electron chi connectivity index (χ0n) is 14.7. The molecule has 25 heavy (non-hydrogen) atoms. The SMILES string of the molecule is CCOC(=O)NCC1CC(C)SC1NC(=O)C1NC2CNCCC2S1. The number of ether oxygens (including phenoxy) is 1. The van der Waals surface area contributed by atoms with Crippen LogP contribution in [0.15, 0.2) is 0 Å². The molecule has 3 aliphatic rings. The van der Waals surface area contributed by atoms with Crippen LogP contribution in [0, 0.1) is 5.92 Å². The molecule has 0 spiro atoms. The summed E-state index contributed by atoms with van der Waals surface area (Å²) in [7, 11) is 0. The molecular formula is C16H28N4O3S2. The third kappa shape index (κ3) is 4.96. The molecule has 0 radical (unpaired) electrons. The molecule has 4 N–H and O–H groups in total. The summed E-state index contributed by atoms with van der Waals surface area (Å²) in [6, 6.07) is 0.380. The Morgan fingerprint density at radius 2 is 2.16 bits per heavy atom. The van der Waals surface area contributed by atoms with Crippen molar-refractivity contribution in [3.63, 3.8) is 0 Å². The van der Waals surface area contributed by atoms with Crippen molar-refractivity contribution in [1.82, 2.24) is 21.3 Å². The second-order valence-electron chi connectivity index (χ2n) is 6.79. The Bertz CT molecular complexity index is 482. The molecule has 0 aromatic rings. The summed E-state index contributed by atoms with van der Waals surface area (Å²) in [5, 5.41) is 13.7. The highest BCUT2D eigenvalue weighted by Gasteiger charge is 2.41. The monoisotopic (exact) mass is 388 g/mol. The van der Waals surface area contributed by atoms with E-state index in [2.05, 4.69) is 28.2 Å². The first kappa shape index (κ1) is 19.1. The molecule has 9 heteroatoms. The molecule has 0 saturated carbocycles. The molecule has 3 rings (SSSR count). The van der Waals surface area contributed by atoms with Crippen molar-refractivity contribution in [3.05, 3.63) is 0 Å². The average molecular weight is 389 g/mol. The number of carbonyl (C=O) groups excluding carboxylic acids is 2. The molecule has 0 bridgehead atoms. The van der Waals surface area contributed by atoms with E-state index in [0.29, 0.717) is 29.7 Å². The van der Waals surface area contributed by atoms with E-state index in [1.165, 1.54) is 0 Å². The normalized spacial score (nSPS) is 37.4. The number of carbonyl (C=O) groups is 2. The van der Waals surface area contributed by atoms with Crippen LogP contribution in [0.5, 0.6) is 0 Å². The van der Waals surface area contributed by atoms with Crippen molar-refractivity contribution in [2.75, 3.05) is 26.2 Å². The lowest BCUT2D eigenvalue weighted by Gasteiger charge is -2.24. The average Bonchev–Trinajstić information content (AvgIpc) is 3.16. The second-order valence-corrected chi connectivity index (χ2v) is 9.73. The van der Waals surface area contributed by atoms with E-state index >= 15 is 0 Å². The summed E-state index contributed by atoms with van der Waals surface area (Å²) in [5.74, 6) is 0.288. The molecule has 2 amide bonds. The summed E-state index contributed by atoms with van der Waals surface area (Å²) in [6.45, 7) is 6.81. The van der Waals surface area contributed by atoms with Gasteiger partial charge < -0.3 is 20.7 Å². The van der Waals surface area contributed by atoms with Gasteiger partial charge >= 0.3 is 6.09 Å². The van der Waals surface area contributed by atoms with E-state index in [1.807, 2.05) is 0 Å². The summed E-state index contributed by atoms with van der Waals surface area (Å²) >= 11 is 3.53. The first-order valence-electron chi connectivity index (χ1n) is 9.05. The van der Waals surface area contributed by atoms with Gasteiger partial charge in [-0.15, -0.1) is 23.5 Å². The van der Waals surface area contributed by atoms with Crippen LogP contribution in [-0.2, 0) is 9.53 Å². The number of thioether (sulfide) groups is 2. The van der Waals surface area contributed by atoms with Crippen LogP contribution in [0.3, 0.4) is 0 Å². The van der Waals surface area contributed by atoms with Gasteiger partial charge in [0.2, 0.25) is 5.91 Å². The lowest BCUT2D eigenvalue weighted by atomic mass is 10.0.